The number of hydrogen-bond acceptors (Lipinski definition) is 1. The molecule has 1 unspecified atom stereocenters. The first-order valence-electron chi connectivity index (χ1n) is 7.18. The fourth-order valence-electron chi connectivity index (χ4n) is 2.79. The zero-order valence-electron chi connectivity index (χ0n) is 11.8. The Hall–Kier alpha value is -0.0400. The van der Waals surface area contributed by atoms with Gasteiger partial charge in [0.1, 0.15) is 0 Å². The van der Waals surface area contributed by atoms with Crippen molar-refractivity contribution in [2.75, 3.05) is 0 Å². The second-order valence-electron chi connectivity index (χ2n) is 6.33. The summed E-state index contributed by atoms with van der Waals surface area (Å²) < 4.78 is 6.16. The van der Waals surface area contributed by atoms with Crippen LogP contribution in [0.5, 0.6) is 0 Å². The van der Waals surface area contributed by atoms with Crippen molar-refractivity contribution >= 4 is 0 Å². The molecule has 16 heavy (non-hydrogen) atoms. The Balaban J connectivity index is 2.09. The van der Waals surface area contributed by atoms with E-state index in [1.165, 1.54) is 57.8 Å². The molecule has 1 saturated heterocycles. The Kier molecular flexibility index (Phi) is 5.30. The predicted octanol–water partition coefficient (Wildman–Crippen LogP) is 5.08. The standard InChI is InChI=1S/C15H30O/c1-5-6-7-8-9-10-11-15(4)13-12-14(2,3)16-15/h5-13H2,1-4H3. The molecule has 0 N–H and O–H groups in total. The fourth-order valence-corrected chi connectivity index (χ4v) is 2.79. The van der Waals surface area contributed by atoms with E-state index in [1.807, 2.05) is 0 Å². The van der Waals surface area contributed by atoms with Gasteiger partial charge in [-0.05, 0) is 40.0 Å². The van der Waals surface area contributed by atoms with Gasteiger partial charge in [-0.1, -0.05) is 45.4 Å². The van der Waals surface area contributed by atoms with E-state index >= 15 is 0 Å². The summed E-state index contributed by atoms with van der Waals surface area (Å²) in [6, 6.07) is 0. The van der Waals surface area contributed by atoms with Crippen molar-refractivity contribution in [1.29, 1.82) is 0 Å². The molecule has 0 spiro atoms. The third kappa shape index (κ3) is 4.86. The van der Waals surface area contributed by atoms with E-state index in [-0.39, 0.29) is 11.2 Å². The molecular formula is C15H30O. The van der Waals surface area contributed by atoms with Crippen molar-refractivity contribution in [1.82, 2.24) is 0 Å². The van der Waals surface area contributed by atoms with Crippen LogP contribution >= 0.6 is 0 Å². The number of hydrogen-bond donors (Lipinski definition) is 0. The van der Waals surface area contributed by atoms with E-state index in [1.54, 1.807) is 0 Å². The van der Waals surface area contributed by atoms with E-state index in [2.05, 4.69) is 27.7 Å². The molecule has 0 aromatic heterocycles. The minimum absolute atomic E-state index is 0.122. The minimum atomic E-state index is 0.122. The average molecular weight is 226 g/mol. The van der Waals surface area contributed by atoms with Gasteiger partial charge in [0.05, 0.1) is 11.2 Å². The van der Waals surface area contributed by atoms with E-state index in [4.69, 9.17) is 4.74 Å². The molecule has 0 aliphatic carbocycles. The zero-order valence-corrected chi connectivity index (χ0v) is 11.8. The van der Waals surface area contributed by atoms with Gasteiger partial charge in [-0.2, -0.15) is 0 Å². The van der Waals surface area contributed by atoms with Crippen molar-refractivity contribution < 1.29 is 4.74 Å². The van der Waals surface area contributed by atoms with Crippen molar-refractivity contribution in [3.05, 3.63) is 0 Å². The second kappa shape index (κ2) is 6.05. The van der Waals surface area contributed by atoms with Crippen LogP contribution in [0.3, 0.4) is 0 Å². The quantitative estimate of drug-likeness (QED) is 0.550. The lowest BCUT2D eigenvalue weighted by molar-refractivity contribution is -0.0799. The smallest absolute Gasteiger partial charge is 0.0662 e. The number of ether oxygens (including phenoxy) is 1. The van der Waals surface area contributed by atoms with Crippen LogP contribution in [0.1, 0.15) is 85.5 Å². The maximum Gasteiger partial charge on any atom is 0.0662 e. The van der Waals surface area contributed by atoms with Crippen LogP contribution in [0.25, 0.3) is 0 Å². The Morgan fingerprint density at radius 1 is 0.875 bits per heavy atom. The molecule has 0 aromatic carbocycles. The molecule has 1 heterocycles. The molecule has 1 aliphatic rings. The number of unbranched alkanes of at least 4 members (excludes halogenated alkanes) is 5. The van der Waals surface area contributed by atoms with Gasteiger partial charge in [0.15, 0.2) is 0 Å². The van der Waals surface area contributed by atoms with Crippen molar-refractivity contribution in [3.8, 4) is 0 Å². The summed E-state index contributed by atoms with van der Waals surface area (Å²) >= 11 is 0. The largest absolute Gasteiger partial charge is 0.369 e. The fraction of sp³-hybridized carbons (Fsp3) is 1.00. The third-order valence-electron chi connectivity index (χ3n) is 3.84. The van der Waals surface area contributed by atoms with Crippen LogP contribution in [0.15, 0.2) is 0 Å². The first-order valence-corrected chi connectivity index (χ1v) is 7.18. The predicted molar refractivity (Wildman–Crippen MR) is 70.8 cm³/mol. The van der Waals surface area contributed by atoms with Gasteiger partial charge in [0.25, 0.3) is 0 Å². The van der Waals surface area contributed by atoms with Gasteiger partial charge in [-0.15, -0.1) is 0 Å². The number of rotatable bonds is 7. The molecule has 1 heteroatoms. The Bertz CT molecular complexity index is 198. The molecule has 1 rings (SSSR count). The monoisotopic (exact) mass is 226 g/mol. The average Bonchev–Trinajstić information content (AvgIpc) is 2.47. The van der Waals surface area contributed by atoms with E-state index in [0.717, 1.165) is 0 Å². The normalized spacial score (nSPS) is 28.5. The highest BCUT2D eigenvalue weighted by molar-refractivity contribution is 4.89. The maximum atomic E-state index is 6.16. The zero-order chi connectivity index (χ0) is 12.1. The lowest BCUT2D eigenvalue weighted by atomic mass is 9.93. The molecule has 0 aromatic rings. The van der Waals surface area contributed by atoms with Gasteiger partial charge in [-0.25, -0.2) is 0 Å². The summed E-state index contributed by atoms with van der Waals surface area (Å²) in [6.07, 6.45) is 12.0. The van der Waals surface area contributed by atoms with E-state index in [9.17, 15) is 0 Å². The molecular weight excluding hydrogens is 196 g/mol. The van der Waals surface area contributed by atoms with Gasteiger partial charge in [-0.3, -0.25) is 0 Å². The molecule has 0 amide bonds. The second-order valence-corrected chi connectivity index (χ2v) is 6.33. The topological polar surface area (TPSA) is 9.23 Å². The van der Waals surface area contributed by atoms with Gasteiger partial charge in [0, 0.05) is 0 Å². The van der Waals surface area contributed by atoms with Gasteiger partial charge in [0.2, 0.25) is 0 Å². The van der Waals surface area contributed by atoms with Crippen LogP contribution in [0.4, 0.5) is 0 Å². The molecule has 1 aliphatic heterocycles. The highest BCUT2D eigenvalue weighted by Crippen LogP contribution is 2.40. The SMILES string of the molecule is CCCCCCCCC1(C)CCC(C)(C)O1. The van der Waals surface area contributed by atoms with Crippen LogP contribution in [0.2, 0.25) is 0 Å². The molecule has 0 bridgehead atoms. The van der Waals surface area contributed by atoms with Crippen molar-refractivity contribution in [2.45, 2.75) is 96.7 Å². The highest BCUT2D eigenvalue weighted by atomic mass is 16.5. The first-order chi connectivity index (χ1) is 7.47. The van der Waals surface area contributed by atoms with Gasteiger partial charge < -0.3 is 4.74 Å². The molecule has 96 valence electrons. The molecule has 0 saturated carbocycles. The summed E-state index contributed by atoms with van der Waals surface area (Å²) in [5, 5.41) is 0. The molecule has 1 nitrogen and oxygen atoms in total. The highest BCUT2D eigenvalue weighted by Gasteiger charge is 2.39. The summed E-state index contributed by atoms with van der Waals surface area (Å²) in [5.41, 5.74) is 0.297. The van der Waals surface area contributed by atoms with E-state index < -0.39 is 0 Å². The lowest BCUT2D eigenvalue weighted by Crippen LogP contribution is -2.28. The van der Waals surface area contributed by atoms with Crippen molar-refractivity contribution in [3.63, 3.8) is 0 Å². The van der Waals surface area contributed by atoms with Crippen LogP contribution in [-0.4, -0.2) is 11.2 Å². The third-order valence-corrected chi connectivity index (χ3v) is 3.84. The van der Waals surface area contributed by atoms with Crippen molar-refractivity contribution in [2.24, 2.45) is 0 Å². The first kappa shape index (κ1) is 14.0. The molecule has 1 atom stereocenters. The van der Waals surface area contributed by atoms with Crippen LogP contribution in [-0.2, 0) is 4.74 Å². The Labute approximate surface area is 102 Å². The molecule has 1 fully saturated rings. The summed E-state index contributed by atoms with van der Waals surface area (Å²) in [6.45, 7) is 9.02. The molecule has 0 radical (unpaired) electrons. The van der Waals surface area contributed by atoms with E-state index in [0.29, 0.717) is 0 Å². The summed E-state index contributed by atoms with van der Waals surface area (Å²) in [5.74, 6) is 0. The maximum absolute atomic E-state index is 6.16. The summed E-state index contributed by atoms with van der Waals surface area (Å²) in [7, 11) is 0. The van der Waals surface area contributed by atoms with Crippen LogP contribution < -0.4 is 0 Å². The Morgan fingerprint density at radius 2 is 1.50 bits per heavy atom. The van der Waals surface area contributed by atoms with Crippen LogP contribution in [0, 0.1) is 0 Å². The lowest BCUT2D eigenvalue weighted by Gasteiger charge is -2.28. The minimum Gasteiger partial charge on any atom is -0.369 e. The summed E-state index contributed by atoms with van der Waals surface area (Å²) in [4.78, 5) is 0. The Morgan fingerprint density at radius 3 is 2.06 bits per heavy atom. The van der Waals surface area contributed by atoms with Gasteiger partial charge >= 0.3 is 0 Å².